The van der Waals surface area contributed by atoms with Gasteiger partial charge in [-0.25, -0.2) is 0 Å². The molecule has 1 aromatic carbocycles. The molecule has 0 saturated heterocycles. The van der Waals surface area contributed by atoms with Crippen molar-refractivity contribution in [1.82, 2.24) is 5.32 Å². The van der Waals surface area contributed by atoms with Crippen LogP contribution in [0.5, 0.6) is 11.5 Å². The molecule has 0 aromatic heterocycles. The van der Waals surface area contributed by atoms with Crippen molar-refractivity contribution < 1.29 is 19.0 Å². The summed E-state index contributed by atoms with van der Waals surface area (Å²) in [6.45, 7) is 5.16. The summed E-state index contributed by atoms with van der Waals surface area (Å²) >= 11 is 1.73. The van der Waals surface area contributed by atoms with E-state index < -0.39 is 0 Å². The zero-order chi connectivity index (χ0) is 18.3. The number of carbonyl (C=O) groups is 1. The smallest absolute Gasteiger partial charge is 0.322 e. The van der Waals surface area contributed by atoms with E-state index >= 15 is 0 Å². The van der Waals surface area contributed by atoms with Gasteiger partial charge in [0.25, 0.3) is 0 Å². The molecule has 1 aliphatic carbocycles. The van der Waals surface area contributed by atoms with Gasteiger partial charge in [-0.2, -0.15) is 0 Å². The molecule has 1 aliphatic rings. The largest absolute Gasteiger partial charge is 0.497 e. The van der Waals surface area contributed by atoms with Crippen molar-refractivity contribution >= 4 is 17.7 Å². The Morgan fingerprint density at radius 2 is 2.08 bits per heavy atom. The van der Waals surface area contributed by atoms with Crippen LogP contribution >= 0.6 is 11.8 Å². The lowest BCUT2D eigenvalue weighted by atomic mass is 9.84. The molecule has 1 atom stereocenters. The Kier molecular flexibility index (Phi) is 7.44. The summed E-state index contributed by atoms with van der Waals surface area (Å²) in [5.74, 6) is 2.42. The first-order chi connectivity index (χ1) is 12.0. The predicted octanol–water partition coefficient (Wildman–Crippen LogP) is 3.40. The third-order valence-electron chi connectivity index (χ3n) is 4.55. The van der Waals surface area contributed by atoms with E-state index in [-0.39, 0.29) is 16.8 Å². The molecule has 0 heterocycles. The van der Waals surface area contributed by atoms with E-state index in [1.165, 1.54) is 0 Å². The number of hydrogen-bond donors (Lipinski definition) is 1. The van der Waals surface area contributed by atoms with Gasteiger partial charge in [-0.1, -0.05) is 6.07 Å². The maximum atomic E-state index is 12.2. The zero-order valence-corrected chi connectivity index (χ0v) is 16.4. The van der Waals surface area contributed by atoms with Crippen molar-refractivity contribution in [3.8, 4) is 11.5 Å². The molecule has 2 rings (SSSR count). The summed E-state index contributed by atoms with van der Waals surface area (Å²) in [6, 6.07) is 6.11. The number of benzene rings is 1. The fraction of sp³-hybridized carbons (Fsp3) is 0.632. The van der Waals surface area contributed by atoms with Crippen molar-refractivity contribution in [3.05, 3.63) is 23.8 Å². The molecule has 1 fully saturated rings. The first kappa shape index (κ1) is 19.9. The summed E-state index contributed by atoms with van der Waals surface area (Å²) in [6.07, 6.45) is 2.96. The standard InChI is InChI=1S/C19H29NO4S/c1-5-24-18(21)19(9-6-10-19)25-13-14(2)20-12-15-7-8-16(22-3)11-17(15)23-4/h7-8,11,14,20H,5-6,9-10,12-13H2,1-4H3. The summed E-state index contributed by atoms with van der Waals surface area (Å²) in [5.41, 5.74) is 1.09. The van der Waals surface area contributed by atoms with Crippen LogP contribution in [0.1, 0.15) is 38.7 Å². The summed E-state index contributed by atoms with van der Waals surface area (Å²) in [4.78, 5) is 12.2. The van der Waals surface area contributed by atoms with Gasteiger partial charge in [0, 0.05) is 30.0 Å². The molecule has 25 heavy (non-hydrogen) atoms. The summed E-state index contributed by atoms with van der Waals surface area (Å²) in [7, 11) is 3.31. The Morgan fingerprint density at radius 1 is 1.32 bits per heavy atom. The molecule has 1 saturated carbocycles. The Bertz CT molecular complexity index is 575. The molecular weight excluding hydrogens is 338 g/mol. The van der Waals surface area contributed by atoms with Crippen molar-refractivity contribution in [1.29, 1.82) is 0 Å². The highest BCUT2D eigenvalue weighted by Crippen LogP contribution is 2.45. The minimum Gasteiger partial charge on any atom is -0.497 e. The number of carbonyl (C=O) groups excluding carboxylic acids is 1. The van der Waals surface area contributed by atoms with Crippen molar-refractivity contribution in [3.63, 3.8) is 0 Å². The molecule has 0 radical (unpaired) electrons. The van der Waals surface area contributed by atoms with Crippen LogP contribution in [0, 0.1) is 0 Å². The van der Waals surface area contributed by atoms with Crippen molar-refractivity contribution in [2.24, 2.45) is 0 Å². The fourth-order valence-corrected chi connectivity index (χ4v) is 4.23. The molecule has 5 nitrogen and oxygen atoms in total. The van der Waals surface area contributed by atoms with Gasteiger partial charge in [0.15, 0.2) is 0 Å². The average Bonchev–Trinajstić information content (AvgIpc) is 2.59. The molecular formula is C19H29NO4S. The lowest BCUT2D eigenvalue weighted by molar-refractivity contribution is -0.148. The number of methoxy groups -OCH3 is 2. The highest BCUT2D eigenvalue weighted by molar-refractivity contribution is 8.01. The number of rotatable bonds is 10. The zero-order valence-electron chi connectivity index (χ0n) is 15.6. The van der Waals surface area contributed by atoms with Crippen molar-refractivity contribution in [2.45, 2.75) is 50.4 Å². The SMILES string of the molecule is CCOC(=O)C1(SCC(C)NCc2ccc(OC)cc2OC)CCC1. The lowest BCUT2D eigenvalue weighted by Crippen LogP contribution is -2.45. The minimum atomic E-state index is -0.316. The predicted molar refractivity (Wildman–Crippen MR) is 102 cm³/mol. The second-order valence-corrected chi connectivity index (χ2v) is 7.74. The normalized spacial score (nSPS) is 16.6. The van der Waals surface area contributed by atoms with Crippen LogP contribution in [0.3, 0.4) is 0 Å². The molecule has 1 unspecified atom stereocenters. The average molecular weight is 368 g/mol. The molecule has 0 spiro atoms. The van der Waals surface area contributed by atoms with Gasteiger partial charge in [0.05, 0.1) is 20.8 Å². The van der Waals surface area contributed by atoms with Gasteiger partial charge in [-0.15, -0.1) is 11.8 Å². The van der Waals surface area contributed by atoms with Gasteiger partial charge < -0.3 is 19.5 Å². The van der Waals surface area contributed by atoms with E-state index in [0.29, 0.717) is 13.2 Å². The summed E-state index contributed by atoms with van der Waals surface area (Å²) in [5, 5.41) is 3.51. The monoisotopic (exact) mass is 367 g/mol. The number of nitrogens with one attached hydrogen (secondary N) is 1. The maximum Gasteiger partial charge on any atom is 0.322 e. The highest BCUT2D eigenvalue weighted by Gasteiger charge is 2.46. The van der Waals surface area contributed by atoms with Crippen LogP contribution in [0.4, 0.5) is 0 Å². The molecule has 140 valence electrons. The van der Waals surface area contributed by atoms with Crippen LogP contribution in [0.2, 0.25) is 0 Å². The molecule has 0 bridgehead atoms. The topological polar surface area (TPSA) is 56.8 Å². The Morgan fingerprint density at radius 3 is 2.64 bits per heavy atom. The Labute approximate surface area is 154 Å². The molecule has 6 heteroatoms. The van der Waals surface area contributed by atoms with Gasteiger partial charge in [-0.3, -0.25) is 4.79 Å². The minimum absolute atomic E-state index is 0.0460. The van der Waals surface area contributed by atoms with E-state index in [9.17, 15) is 4.79 Å². The third-order valence-corrected chi connectivity index (χ3v) is 6.35. The quantitative estimate of drug-likeness (QED) is 0.640. The van der Waals surface area contributed by atoms with Crippen LogP contribution in [0.25, 0.3) is 0 Å². The number of ether oxygens (including phenoxy) is 3. The van der Waals surface area contributed by atoms with Gasteiger partial charge in [0.1, 0.15) is 16.2 Å². The van der Waals surface area contributed by atoms with Crippen LogP contribution in [-0.4, -0.2) is 43.3 Å². The van der Waals surface area contributed by atoms with E-state index in [2.05, 4.69) is 12.2 Å². The number of esters is 1. The second kappa shape index (κ2) is 9.34. The van der Waals surface area contributed by atoms with E-state index in [4.69, 9.17) is 14.2 Å². The lowest BCUT2D eigenvalue weighted by Gasteiger charge is -2.39. The summed E-state index contributed by atoms with van der Waals surface area (Å²) < 4.78 is 15.6. The van der Waals surface area contributed by atoms with Crippen molar-refractivity contribution in [2.75, 3.05) is 26.6 Å². The van der Waals surface area contributed by atoms with Crippen LogP contribution in [0.15, 0.2) is 18.2 Å². The molecule has 1 N–H and O–H groups in total. The second-order valence-electron chi connectivity index (χ2n) is 6.34. The highest BCUT2D eigenvalue weighted by atomic mass is 32.2. The van der Waals surface area contributed by atoms with Gasteiger partial charge in [-0.05, 0) is 39.2 Å². The Hall–Kier alpha value is -1.40. The molecule has 1 aromatic rings. The van der Waals surface area contributed by atoms with Crippen LogP contribution < -0.4 is 14.8 Å². The van der Waals surface area contributed by atoms with E-state index in [1.54, 1.807) is 26.0 Å². The third kappa shape index (κ3) is 5.05. The molecule has 0 aliphatic heterocycles. The number of hydrogen-bond acceptors (Lipinski definition) is 6. The van der Waals surface area contributed by atoms with E-state index in [0.717, 1.165) is 42.1 Å². The van der Waals surface area contributed by atoms with E-state index in [1.807, 2.05) is 25.1 Å². The number of thioether (sulfide) groups is 1. The Balaban J connectivity index is 1.84. The fourth-order valence-electron chi connectivity index (χ4n) is 2.79. The van der Waals surface area contributed by atoms with Gasteiger partial charge in [0.2, 0.25) is 0 Å². The van der Waals surface area contributed by atoms with Crippen LogP contribution in [-0.2, 0) is 16.1 Å². The molecule has 0 amide bonds. The first-order valence-corrected chi connectivity index (χ1v) is 9.78. The van der Waals surface area contributed by atoms with Gasteiger partial charge >= 0.3 is 5.97 Å². The maximum absolute atomic E-state index is 12.2. The first-order valence-electron chi connectivity index (χ1n) is 8.80.